The van der Waals surface area contributed by atoms with E-state index in [0.29, 0.717) is 37.5 Å². The lowest BCUT2D eigenvalue weighted by Gasteiger charge is -2.35. The van der Waals surface area contributed by atoms with Gasteiger partial charge in [0.15, 0.2) is 6.29 Å². The molecule has 0 saturated heterocycles. The van der Waals surface area contributed by atoms with Gasteiger partial charge in [0.1, 0.15) is 6.04 Å². The standard InChI is InChI=1S/C30H52N4O7/c1-8-9-12-31-13-15-40-17-18-41-16-14-34(27(22(2)3)28(37)33-30(4,5)6)29(38)24-11-10-23(20-26(36)39-7)25(19-24)32-21-35/h10-11,19,21-22,26-27,31,36H,8-9,12-18,20H2,1-7H3,(H,32,35)(H,33,37). The normalized spacial score (nSPS) is 13.1. The molecule has 0 saturated carbocycles. The zero-order valence-corrected chi connectivity index (χ0v) is 26.0. The summed E-state index contributed by atoms with van der Waals surface area (Å²) in [6.07, 6.45) is 1.86. The smallest absolute Gasteiger partial charge is 0.254 e. The van der Waals surface area contributed by atoms with Crippen LogP contribution in [0, 0.1) is 5.92 Å². The lowest BCUT2D eigenvalue weighted by molar-refractivity contribution is -0.128. The van der Waals surface area contributed by atoms with E-state index in [-0.39, 0.29) is 42.9 Å². The van der Waals surface area contributed by atoms with Crippen molar-refractivity contribution in [1.82, 2.24) is 15.5 Å². The maximum Gasteiger partial charge on any atom is 0.254 e. The van der Waals surface area contributed by atoms with Gasteiger partial charge in [0, 0.05) is 43.4 Å². The van der Waals surface area contributed by atoms with Crippen molar-refractivity contribution in [2.24, 2.45) is 5.92 Å². The molecule has 2 unspecified atom stereocenters. The number of unbranched alkanes of at least 4 members (excludes halogenated alkanes) is 1. The van der Waals surface area contributed by atoms with Crippen molar-refractivity contribution in [3.8, 4) is 0 Å². The van der Waals surface area contributed by atoms with Crippen molar-refractivity contribution in [1.29, 1.82) is 0 Å². The molecule has 0 aliphatic rings. The zero-order chi connectivity index (χ0) is 30.8. The molecule has 0 aliphatic heterocycles. The first kappa shape index (κ1) is 36.5. The van der Waals surface area contributed by atoms with Crippen molar-refractivity contribution in [3.05, 3.63) is 29.3 Å². The number of anilines is 1. The summed E-state index contributed by atoms with van der Waals surface area (Å²) < 4.78 is 16.3. The summed E-state index contributed by atoms with van der Waals surface area (Å²) in [4.78, 5) is 40.1. The molecular weight excluding hydrogens is 528 g/mol. The molecule has 11 nitrogen and oxygen atoms in total. The Bertz CT molecular complexity index is 921. The molecule has 1 rings (SSSR count). The number of nitrogens with zero attached hydrogens (tertiary/aromatic N) is 1. The quantitative estimate of drug-likeness (QED) is 0.0989. The van der Waals surface area contributed by atoms with Crippen molar-refractivity contribution >= 4 is 23.9 Å². The van der Waals surface area contributed by atoms with Crippen LogP contribution in [0.4, 0.5) is 5.69 Å². The Labute approximate surface area is 245 Å². The molecule has 4 N–H and O–H groups in total. The molecule has 3 amide bonds. The Hall–Kier alpha value is -2.57. The van der Waals surface area contributed by atoms with E-state index in [2.05, 4.69) is 22.9 Å². The van der Waals surface area contributed by atoms with Crippen molar-refractivity contribution in [2.45, 2.75) is 78.7 Å². The fraction of sp³-hybridized carbons (Fsp3) is 0.700. The second-order valence-electron chi connectivity index (χ2n) is 11.3. The van der Waals surface area contributed by atoms with E-state index in [1.54, 1.807) is 18.2 Å². The second-order valence-corrected chi connectivity index (χ2v) is 11.3. The van der Waals surface area contributed by atoms with Crippen LogP contribution < -0.4 is 16.0 Å². The number of benzene rings is 1. The maximum atomic E-state index is 13.9. The van der Waals surface area contributed by atoms with Crippen LogP contribution in [0.5, 0.6) is 0 Å². The van der Waals surface area contributed by atoms with Crippen LogP contribution in [0.2, 0.25) is 0 Å². The number of ether oxygens (including phenoxy) is 3. The van der Waals surface area contributed by atoms with Gasteiger partial charge < -0.3 is 40.2 Å². The number of carbonyl (C=O) groups is 3. The van der Waals surface area contributed by atoms with E-state index in [1.807, 2.05) is 34.6 Å². The first-order valence-electron chi connectivity index (χ1n) is 14.5. The molecule has 0 spiro atoms. The fourth-order valence-electron chi connectivity index (χ4n) is 4.19. The Morgan fingerprint density at radius 2 is 1.76 bits per heavy atom. The van der Waals surface area contributed by atoms with Crippen LogP contribution in [-0.4, -0.2) is 99.3 Å². The minimum Gasteiger partial charge on any atom is -0.378 e. The van der Waals surface area contributed by atoms with Gasteiger partial charge in [-0.25, -0.2) is 0 Å². The van der Waals surface area contributed by atoms with Crippen LogP contribution in [0.15, 0.2) is 18.2 Å². The number of methoxy groups -OCH3 is 1. The molecule has 1 aromatic rings. The number of hydrogen-bond donors (Lipinski definition) is 4. The Morgan fingerprint density at radius 1 is 1.07 bits per heavy atom. The predicted molar refractivity (Wildman–Crippen MR) is 160 cm³/mol. The number of amides is 3. The summed E-state index contributed by atoms with van der Waals surface area (Å²) in [6, 6.07) is 4.06. The minimum atomic E-state index is -1.06. The monoisotopic (exact) mass is 580 g/mol. The summed E-state index contributed by atoms with van der Waals surface area (Å²) in [6.45, 7) is 15.1. The van der Waals surface area contributed by atoms with Gasteiger partial charge in [-0.2, -0.15) is 0 Å². The molecule has 0 bridgehead atoms. The topological polar surface area (TPSA) is 138 Å². The van der Waals surface area contributed by atoms with E-state index >= 15 is 0 Å². The van der Waals surface area contributed by atoms with E-state index in [0.717, 1.165) is 25.9 Å². The summed E-state index contributed by atoms with van der Waals surface area (Å²) in [5.74, 6) is -0.821. The molecule has 0 radical (unpaired) electrons. The second kappa shape index (κ2) is 19.5. The van der Waals surface area contributed by atoms with Gasteiger partial charge in [0.25, 0.3) is 5.91 Å². The van der Waals surface area contributed by atoms with Crippen LogP contribution >= 0.6 is 0 Å². The van der Waals surface area contributed by atoms with Gasteiger partial charge in [-0.1, -0.05) is 33.3 Å². The highest BCUT2D eigenvalue weighted by atomic mass is 16.6. The molecule has 1 aromatic carbocycles. The third kappa shape index (κ3) is 14.2. The summed E-state index contributed by atoms with van der Waals surface area (Å²) in [7, 11) is 1.38. The maximum absolute atomic E-state index is 13.9. The largest absolute Gasteiger partial charge is 0.378 e. The third-order valence-electron chi connectivity index (χ3n) is 6.21. The number of rotatable bonds is 21. The lowest BCUT2D eigenvalue weighted by Crippen LogP contribution is -2.56. The first-order valence-corrected chi connectivity index (χ1v) is 14.5. The van der Waals surface area contributed by atoms with Crippen LogP contribution in [0.25, 0.3) is 0 Å². The van der Waals surface area contributed by atoms with Crippen LogP contribution in [0.1, 0.15) is 70.3 Å². The van der Waals surface area contributed by atoms with Gasteiger partial charge in [-0.15, -0.1) is 0 Å². The van der Waals surface area contributed by atoms with Gasteiger partial charge >= 0.3 is 0 Å². The van der Waals surface area contributed by atoms with Crippen molar-refractivity contribution in [2.75, 3.05) is 58.5 Å². The molecular formula is C30H52N4O7. The Kier molecular flexibility index (Phi) is 17.4. The molecule has 11 heteroatoms. The van der Waals surface area contributed by atoms with Crippen molar-refractivity contribution in [3.63, 3.8) is 0 Å². The molecule has 234 valence electrons. The van der Waals surface area contributed by atoms with Gasteiger partial charge in [-0.3, -0.25) is 14.4 Å². The van der Waals surface area contributed by atoms with Gasteiger partial charge in [0.2, 0.25) is 12.3 Å². The minimum absolute atomic E-state index is 0.123. The summed E-state index contributed by atoms with van der Waals surface area (Å²) in [5, 5.41) is 18.8. The highest BCUT2D eigenvalue weighted by molar-refractivity contribution is 5.99. The first-order chi connectivity index (χ1) is 19.4. The SMILES string of the molecule is CCCCNCCOCCOCCN(C(=O)c1ccc(CC(O)OC)c(NC=O)c1)C(C(=O)NC(C)(C)C)C(C)C. The van der Waals surface area contributed by atoms with Gasteiger partial charge in [0.05, 0.1) is 26.4 Å². The zero-order valence-electron chi connectivity index (χ0n) is 26.0. The molecule has 0 heterocycles. The number of aliphatic hydroxyl groups excluding tert-OH is 1. The number of nitrogens with one attached hydrogen (secondary N) is 3. The lowest BCUT2D eigenvalue weighted by atomic mass is 9.97. The summed E-state index contributed by atoms with van der Waals surface area (Å²) in [5.41, 5.74) is 0.783. The Morgan fingerprint density at radius 3 is 2.34 bits per heavy atom. The molecule has 0 aliphatic carbocycles. The van der Waals surface area contributed by atoms with E-state index in [1.165, 1.54) is 12.0 Å². The fourth-order valence-corrected chi connectivity index (χ4v) is 4.19. The average Bonchev–Trinajstić information content (AvgIpc) is 2.90. The number of aliphatic hydroxyl groups is 1. The van der Waals surface area contributed by atoms with Crippen molar-refractivity contribution < 1.29 is 33.7 Å². The summed E-state index contributed by atoms with van der Waals surface area (Å²) >= 11 is 0. The highest BCUT2D eigenvalue weighted by Crippen LogP contribution is 2.23. The number of carbonyl (C=O) groups excluding carboxylic acids is 3. The molecule has 41 heavy (non-hydrogen) atoms. The van der Waals surface area contributed by atoms with E-state index in [9.17, 15) is 19.5 Å². The third-order valence-corrected chi connectivity index (χ3v) is 6.21. The van der Waals surface area contributed by atoms with Crippen LogP contribution in [0.3, 0.4) is 0 Å². The van der Waals surface area contributed by atoms with Gasteiger partial charge in [-0.05, 0) is 57.4 Å². The molecule has 0 aromatic heterocycles. The van der Waals surface area contributed by atoms with Crippen LogP contribution in [-0.2, 0) is 30.2 Å². The number of hydrogen-bond acceptors (Lipinski definition) is 8. The van der Waals surface area contributed by atoms with E-state index in [4.69, 9.17) is 14.2 Å². The van der Waals surface area contributed by atoms with E-state index < -0.39 is 17.9 Å². The molecule has 2 atom stereocenters. The predicted octanol–water partition coefficient (Wildman–Crippen LogP) is 2.57. The Balaban J connectivity index is 3.04. The molecule has 0 fully saturated rings. The average molecular weight is 581 g/mol. The highest BCUT2D eigenvalue weighted by Gasteiger charge is 2.34.